The minimum atomic E-state index is 0.0870. The van der Waals surface area contributed by atoms with Gasteiger partial charge < -0.3 is 4.90 Å². The highest BCUT2D eigenvalue weighted by Crippen LogP contribution is 2.18. The second kappa shape index (κ2) is 5.45. The summed E-state index contributed by atoms with van der Waals surface area (Å²) in [7, 11) is 0. The number of likely N-dealkylation sites (tertiary alicyclic amines) is 1. The van der Waals surface area contributed by atoms with Crippen LogP contribution in [0.3, 0.4) is 0 Å². The minimum Gasteiger partial charge on any atom is -0.338 e. The van der Waals surface area contributed by atoms with E-state index in [1.54, 1.807) is 4.90 Å². The number of rotatable bonds is 2. The number of carbonyl (C=O) groups excluding carboxylic acids is 2. The Hall–Kier alpha value is -2.16. The molecule has 0 radical (unpaired) electrons. The summed E-state index contributed by atoms with van der Waals surface area (Å²) in [6, 6.07) is 14.4. The van der Waals surface area contributed by atoms with Crippen molar-refractivity contribution in [1.29, 1.82) is 0 Å². The summed E-state index contributed by atoms with van der Waals surface area (Å²) < 4.78 is 0. The molecule has 1 aliphatic heterocycles. The molecule has 0 unspecified atom stereocenters. The van der Waals surface area contributed by atoms with Crippen LogP contribution in [0.5, 0.6) is 0 Å². The molecule has 3 rings (SSSR count). The van der Waals surface area contributed by atoms with E-state index in [2.05, 4.69) is 30.3 Å². The van der Waals surface area contributed by atoms with Crippen LogP contribution in [-0.2, 0) is 16.1 Å². The predicted octanol–water partition coefficient (Wildman–Crippen LogP) is 2.92. The van der Waals surface area contributed by atoms with E-state index in [0.29, 0.717) is 32.4 Å². The number of hydrogen-bond donors (Lipinski definition) is 0. The van der Waals surface area contributed by atoms with E-state index in [4.69, 9.17) is 0 Å². The molecule has 1 saturated heterocycles. The van der Waals surface area contributed by atoms with E-state index in [9.17, 15) is 9.59 Å². The molecule has 0 N–H and O–H groups in total. The third kappa shape index (κ3) is 2.72. The number of benzene rings is 2. The lowest BCUT2D eigenvalue weighted by molar-refractivity contribution is -0.131. The Kier molecular flexibility index (Phi) is 3.50. The fraction of sp³-hybridized carbons (Fsp3) is 0.294. The zero-order valence-corrected chi connectivity index (χ0v) is 11.3. The van der Waals surface area contributed by atoms with Gasteiger partial charge in [-0.3, -0.25) is 9.59 Å². The smallest absolute Gasteiger partial charge is 0.223 e. The van der Waals surface area contributed by atoms with Crippen molar-refractivity contribution in [1.82, 2.24) is 4.90 Å². The molecule has 0 aromatic heterocycles. The summed E-state index contributed by atoms with van der Waals surface area (Å²) in [6.07, 6.45) is 1.23. The molecular weight excluding hydrogens is 250 g/mol. The average molecular weight is 267 g/mol. The van der Waals surface area contributed by atoms with Crippen LogP contribution in [0.25, 0.3) is 10.8 Å². The molecule has 0 atom stereocenters. The lowest BCUT2D eigenvalue weighted by Crippen LogP contribution is -2.29. The average Bonchev–Trinajstić information content (AvgIpc) is 2.63. The van der Waals surface area contributed by atoms with Gasteiger partial charge in [0.25, 0.3) is 0 Å². The van der Waals surface area contributed by atoms with Crippen molar-refractivity contribution in [2.75, 3.05) is 6.54 Å². The number of amides is 1. The second-order valence-electron chi connectivity index (χ2n) is 5.29. The van der Waals surface area contributed by atoms with Gasteiger partial charge in [0, 0.05) is 32.4 Å². The molecule has 1 aliphatic rings. The molecule has 3 heteroatoms. The van der Waals surface area contributed by atoms with Crippen LogP contribution >= 0.6 is 0 Å². The van der Waals surface area contributed by atoms with Gasteiger partial charge in [0.1, 0.15) is 5.78 Å². The van der Waals surface area contributed by atoms with E-state index >= 15 is 0 Å². The van der Waals surface area contributed by atoms with Gasteiger partial charge in [-0.05, 0) is 22.4 Å². The van der Waals surface area contributed by atoms with Crippen LogP contribution < -0.4 is 0 Å². The van der Waals surface area contributed by atoms with Crippen molar-refractivity contribution in [3.63, 3.8) is 0 Å². The molecule has 2 aromatic carbocycles. The first-order valence-corrected chi connectivity index (χ1v) is 6.99. The quantitative estimate of drug-likeness (QED) is 0.839. The Morgan fingerprint density at radius 3 is 2.55 bits per heavy atom. The third-order valence-electron chi connectivity index (χ3n) is 3.82. The topological polar surface area (TPSA) is 37.4 Å². The maximum Gasteiger partial charge on any atom is 0.223 e. The van der Waals surface area contributed by atoms with Crippen molar-refractivity contribution < 1.29 is 9.59 Å². The maximum atomic E-state index is 12.0. The van der Waals surface area contributed by atoms with Crippen molar-refractivity contribution in [3.8, 4) is 0 Å². The van der Waals surface area contributed by atoms with Crippen LogP contribution in [0.4, 0.5) is 0 Å². The van der Waals surface area contributed by atoms with Gasteiger partial charge in [0.2, 0.25) is 5.91 Å². The minimum absolute atomic E-state index is 0.0870. The van der Waals surface area contributed by atoms with Gasteiger partial charge in [-0.2, -0.15) is 0 Å². The van der Waals surface area contributed by atoms with E-state index in [-0.39, 0.29) is 11.7 Å². The SMILES string of the molecule is O=C1CCC(=O)N(Cc2ccc3ccccc3c2)CC1. The van der Waals surface area contributed by atoms with Crippen molar-refractivity contribution >= 4 is 22.5 Å². The van der Waals surface area contributed by atoms with Gasteiger partial charge >= 0.3 is 0 Å². The molecule has 102 valence electrons. The first-order valence-electron chi connectivity index (χ1n) is 6.99. The molecule has 20 heavy (non-hydrogen) atoms. The fourth-order valence-electron chi connectivity index (χ4n) is 2.64. The molecular formula is C17H17NO2. The first kappa shape index (κ1) is 12.9. The molecule has 0 aliphatic carbocycles. The summed E-state index contributed by atoms with van der Waals surface area (Å²) in [5.74, 6) is 0.281. The number of carbonyl (C=O) groups is 2. The van der Waals surface area contributed by atoms with Crippen LogP contribution in [0.15, 0.2) is 42.5 Å². The summed E-state index contributed by atoms with van der Waals surface area (Å²) in [4.78, 5) is 25.2. The molecule has 0 spiro atoms. The van der Waals surface area contributed by atoms with Gasteiger partial charge in [-0.1, -0.05) is 36.4 Å². The second-order valence-corrected chi connectivity index (χ2v) is 5.29. The van der Waals surface area contributed by atoms with Gasteiger partial charge in [-0.15, -0.1) is 0 Å². The van der Waals surface area contributed by atoms with Crippen molar-refractivity contribution in [2.24, 2.45) is 0 Å². The summed E-state index contributed by atoms with van der Waals surface area (Å²) in [5.41, 5.74) is 1.12. The van der Waals surface area contributed by atoms with E-state index in [1.165, 1.54) is 10.8 Å². The molecule has 0 bridgehead atoms. The summed E-state index contributed by atoms with van der Waals surface area (Å²) in [5, 5.41) is 2.39. The van der Waals surface area contributed by atoms with E-state index in [1.807, 2.05) is 12.1 Å². The molecule has 1 heterocycles. The zero-order valence-electron chi connectivity index (χ0n) is 11.3. The molecule has 3 nitrogen and oxygen atoms in total. The summed E-state index contributed by atoms with van der Waals surface area (Å²) in [6.45, 7) is 1.14. The lowest BCUT2D eigenvalue weighted by atomic mass is 10.1. The largest absolute Gasteiger partial charge is 0.338 e. The first-order chi connectivity index (χ1) is 9.72. The number of nitrogens with zero attached hydrogens (tertiary/aromatic N) is 1. The number of fused-ring (bicyclic) bond motifs is 1. The van der Waals surface area contributed by atoms with Gasteiger partial charge in [0.05, 0.1) is 0 Å². The third-order valence-corrected chi connectivity index (χ3v) is 3.82. The Morgan fingerprint density at radius 1 is 0.900 bits per heavy atom. The Morgan fingerprint density at radius 2 is 1.70 bits per heavy atom. The maximum absolute atomic E-state index is 12.0. The monoisotopic (exact) mass is 267 g/mol. The van der Waals surface area contributed by atoms with Crippen LogP contribution in [0.2, 0.25) is 0 Å². The van der Waals surface area contributed by atoms with E-state index < -0.39 is 0 Å². The zero-order chi connectivity index (χ0) is 13.9. The van der Waals surface area contributed by atoms with Gasteiger partial charge in [0.15, 0.2) is 0 Å². The number of hydrogen-bond acceptors (Lipinski definition) is 2. The summed E-state index contributed by atoms with van der Waals surface area (Å²) >= 11 is 0. The lowest BCUT2D eigenvalue weighted by Gasteiger charge is -2.20. The predicted molar refractivity (Wildman–Crippen MR) is 78.2 cm³/mol. The number of ketones is 1. The highest BCUT2D eigenvalue weighted by molar-refractivity contribution is 5.87. The van der Waals surface area contributed by atoms with Crippen LogP contribution in [-0.4, -0.2) is 23.1 Å². The standard InChI is InChI=1S/C17H17NO2/c19-16-7-8-17(20)18(10-9-16)12-13-5-6-14-3-1-2-4-15(14)11-13/h1-6,11H,7-10,12H2. The van der Waals surface area contributed by atoms with E-state index in [0.717, 1.165) is 5.56 Å². The number of Topliss-reactive ketones (excluding diaryl/α,β-unsaturated/α-hetero) is 1. The van der Waals surface area contributed by atoms with Crippen LogP contribution in [0, 0.1) is 0 Å². The Balaban J connectivity index is 1.81. The highest BCUT2D eigenvalue weighted by Gasteiger charge is 2.20. The Bertz CT molecular complexity index is 663. The van der Waals surface area contributed by atoms with Crippen LogP contribution in [0.1, 0.15) is 24.8 Å². The molecule has 0 saturated carbocycles. The molecule has 1 amide bonds. The fourth-order valence-corrected chi connectivity index (χ4v) is 2.64. The van der Waals surface area contributed by atoms with Gasteiger partial charge in [-0.25, -0.2) is 0 Å². The molecule has 2 aromatic rings. The highest BCUT2D eigenvalue weighted by atomic mass is 16.2. The van der Waals surface area contributed by atoms with Crippen molar-refractivity contribution in [2.45, 2.75) is 25.8 Å². The van der Waals surface area contributed by atoms with Crippen molar-refractivity contribution in [3.05, 3.63) is 48.0 Å². The molecule has 1 fully saturated rings. The normalized spacial score (nSPS) is 16.5. The Labute approximate surface area is 118 Å².